The lowest BCUT2D eigenvalue weighted by Crippen LogP contribution is -2.60. The van der Waals surface area contributed by atoms with Crippen LogP contribution in [0.4, 0.5) is 0 Å². The van der Waals surface area contributed by atoms with Crippen molar-refractivity contribution in [2.24, 2.45) is 5.92 Å². The lowest BCUT2D eigenvalue weighted by atomic mass is 9.76. The van der Waals surface area contributed by atoms with Gasteiger partial charge in [0.25, 0.3) is 0 Å². The third-order valence-electron chi connectivity index (χ3n) is 7.04. The first-order chi connectivity index (χ1) is 15.5. The van der Waals surface area contributed by atoms with Crippen LogP contribution in [0.15, 0.2) is 34.9 Å². The molecule has 2 rings (SSSR count). The molecule has 0 bridgehead atoms. The molecule has 0 radical (unpaired) electrons. The van der Waals surface area contributed by atoms with Crippen molar-refractivity contribution in [1.29, 1.82) is 0 Å². The van der Waals surface area contributed by atoms with Gasteiger partial charge in [-0.3, -0.25) is 0 Å². The van der Waals surface area contributed by atoms with E-state index in [0.717, 1.165) is 44.1 Å². The molecule has 0 spiro atoms. The molecular weight excluding hydrogens is 420 g/mol. The van der Waals surface area contributed by atoms with E-state index in [1.54, 1.807) is 6.92 Å². The Hall–Kier alpha value is -1.47. The lowest BCUT2D eigenvalue weighted by Gasteiger charge is -2.46. The predicted molar refractivity (Wildman–Crippen MR) is 130 cm³/mol. The van der Waals surface area contributed by atoms with E-state index in [4.69, 9.17) is 14.2 Å². The Morgan fingerprint density at radius 1 is 1.27 bits per heavy atom. The Morgan fingerprint density at radius 3 is 2.55 bits per heavy atom. The van der Waals surface area contributed by atoms with Gasteiger partial charge in [0, 0.05) is 6.08 Å². The minimum atomic E-state index is -1.29. The topological polar surface area (TPSA) is 85.2 Å². The van der Waals surface area contributed by atoms with Crippen LogP contribution in [0.2, 0.25) is 0 Å². The number of hydrogen-bond acceptors (Lipinski definition) is 6. The smallest absolute Gasteiger partial charge is 0.331 e. The molecule has 1 saturated heterocycles. The van der Waals surface area contributed by atoms with Crippen molar-refractivity contribution in [2.75, 3.05) is 0 Å². The fraction of sp³-hybridized carbons (Fsp3) is 0.741. The third-order valence-corrected chi connectivity index (χ3v) is 7.04. The second-order valence-electron chi connectivity index (χ2n) is 10.2. The highest BCUT2D eigenvalue weighted by atomic mass is 16.7. The number of aliphatic hydroxyl groups excluding tert-OH is 2. The first kappa shape index (κ1) is 27.8. The van der Waals surface area contributed by atoms with Crippen LogP contribution in [-0.4, -0.2) is 52.5 Å². The molecule has 1 aliphatic carbocycles. The normalized spacial score (nSPS) is 32.5. The maximum atomic E-state index is 12.3. The first-order valence-corrected chi connectivity index (χ1v) is 12.3. The van der Waals surface area contributed by atoms with E-state index in [0.29, 0.717) is 0 Å². The summed E-state index contributed by atoms with van der Waals surface area (Å²) in [5.74, 6) is -0.301. The largest absolute Gasteiger partial charge is 0.453 e. The minimum absolute atomic E-state index is 0.279. The number of esters is 1. The summed E-state index contributed by atoms with van der Waals surface area (Å²) in [4.78, 5) is 12.3. The Morgan fingerprint density at radius 2 is 1.97 bits per heavy atom. The predicted octanol–water partition coefficient (Wildman–Crippen LogP) is 4.99. The molecule has 2 aliphatic rings. The molecular formula is C27H44O6. The fourth-order valence-corrected chi connectivity index (χ4v) is 4.50. The van der Waals surface area contributed by atoms with Crippen LogP contribution in [0.3, 0.4) is 0 Å². The molecule has 0 aromatic rings. The average molecular weight is 465 g/mol. The van der Waals surface area contributed by atoms with Gasteiger partial charge in [-0.05, 0) is 86.0 Å². The van der Waals surface area contributed by atoms with Gasteiger partial charge in [0.05, 0.1) is 11.7 Å². The molecule has 188 valence electrons. The Bertz CT molecular complexity index is 750. The average Bonchev–Trinajstić information content (AvgIpc) is 2.75. The van der Waals surface area contributed by atoms with Crippen LogP contribution in [0.25, 0.3) is 0 Å². The van der Waals surface area contributed by atoms with Crippen molar-refractivity contribution >= 4 is 5.97 Å². The van der Waals surface area contributed by atoms with Crippen molar-refractivity contribution in [1.82, 2.24) is 0 Å². The summed E-state index contributed by atoms with van der Waals surface area (Å²) in [7, 11) is 0. The van der Waals surface area contributed by atoms with Crippen LogP contribution in [0.1, 0.15) is 87.0 Å². The van der Waals surface area contributed by atoms with E-state index < -0.39 is 42.3 Å². The van der Waals surface area contributed by atoms with Crippen LogP contribution >= 0.6 is 0 Å². The van der Waals surface area contributed by atoms with Gasteiger partial charge in [-0.15, -0.1) is 0 Å². The molecule has 2 N–H and O–H groups in total. The fourth-order valence-electron chi connectivity index (χ4n) is 4.50. The summed E-state index contributed by atoms with van der Waals surface area (Å²) in [5.41, 5.74) is 2.98. The number of ether oxygens (including phenoxy) is 3. The molecule has 7 atom stereocenters. The lowest BCUT2D eigenvalue weighted by molar-refractivity contribution is -0.326. The van der Waals surface area contributed by atoms with Gasteiger partial charge in [0.1, 0.15) is 12.2 Å². The molecule has 1 aliphatic heterocycles. The van der Waals surface area contributed by atoms with Crippen LogP contribution in [0.5, 0.6) is 0 Å². The molecule has 33 heavy (non-hydrogen) atoms. The molecule has 6 nitrogen and oxygen atoms in total. The van der Waals surface area contributed by atoms with Gasteiger partial charge in [0.2, 0.25) is 0 Å². The van der Waals surface area contributed by atoms with Crippen molar-refractivity contribution in [3.8, 4) is 0 Å². The second-order valence-corrected chi connectivity index (χ2v) is 10.2. The number of aliphatic hydroxyl groups is 2. The number of rotatable bonds is 9. The van der Waals surface area contributed by atoms with Crippen LogP contribution in [-0.2, 0) is 19.0 Å². The molecule has 0 aromatic heterocycles. The molecule has 0 amide bonds. The van der Waals surface area contributed by atoms with Crippen molar-refractivity contribution < 1.29 is 29.2 Å². The summed E-state index contributed by atoms with van der Waals surface area (Å²) in [5, 5.41) is 21.6. The quantitative estimate of drug-likeness (QED) is 0.284. The second kappa shape index (κ2) is 12.3. The highest BCUT2D eigenvalue weighted by Crippen LogP contribution is 2.40. The monoisotopic (exact) mass is 464 g/mol. The first-order valence-electron chi connectivity index (χ1n) is 12.3. The highest BCUT2D eigenvalue weighted by molar-refractivity contribution is 5.82. The van der Waals surface area contributed by atoms with Crippen molar-refractivity contribution in [3.63, 3.8) is 0 Å². The number of carbonyl (C=O) groups is 1. The Balaban J connectivity index is 2.22. The van der Waals surface area contributed by atoms with Gasteiger partial charge < -0.3 is 24.4 Å². The molecule has 1 fully saturated rings. The number of hydrogen-bond donors (Lipinski definition) is 2. The van der Waals surface area contributed by atoms with Gasteiger partial charge >= 0.3 is 5.97 Å². The zero-order valence-electron chi connectivity index (χ0n) is 21.5. The minimum Gasteiger partial charge on any atom is -0.453 e. The summed E-state index contributed by atoms with van der Waals surface area (Å²) in [6.07, 6.45) is 5.97. The number of carbonyl (C=O) groups excluding carboxylic acids is 1. The molecule has 0 unspecified atom stereocenters. The van der Waals surface area contributed by atoms with Crippen LogP contribution < -0.4 is 0 Å². The summed E-state index contributed by atoms with van der Waals surface area (Å²) < 4.78 is 17.9. The molecule has 0 aromatic carbocycles. The number of allylic oxidation sites excluding steroid dienone is 5. The maximum Gasteiger partial charge on any atom is 0.331 e. The highest BCUT2D eigenvalue weighted by Gasteiger charge is 2.49. The molecule has 0 saturated carbocycles. The molecule has 6 heteroatoms. The van der Waals surface area contributed by atoms with Crippen LogP contribution in [0, 0.1) is 5.92 Å². The SMILES string of the molecule is CC/C(C)=C\C(=O)O[C@H]1[C@@H](O)[C@@H](C)O[C@@H](O[C@@](C)(CCC=C(C)C)[C@@H]2CC=C(C)CC2)[C@@H]1O. The standard InChI is InChI=1S/C27H44O6/c1-8-18(4)16-22(28)32-25-23(29)20(6)31-26(24(25)30)33-27(7,15-9-10-17(2)3)21-13-11-19(5)12-14-21/h10-11,16,20-21,23-26,29-30H,8-9,12-15H2,1-7H3/b18-16-/t20-,21-,23+,24-,25+,26+,27+/m1/s1. The van der Waals surface area contributed by atoms with Crippen molar-refractivity contribution in [2.45, 2.75) is 123 Å². The third kappa shape index (κ3) is 7.78. The van der Waals surface area contributed by atoms with E-state index in [-0.39, 0.29) is 5.92 Å². The van der Waals surface area contributed by atoms with Gasteiger partial charge in [-0.2, -0.15) is 0 Å². The van der Waals surface area contributed by atoms with E-state index >= 15 is 0 Å². The van der Waals surface area contributed by atoms with Gasteiger partial charge in [0.15, 0.2) is 12.4 Å². The molecule has 1 heterocycles. The van der Waals surface area contributed by atoms with Crippen molar-refractivity contribution in [3.05, 3.63) is 34.9 Å². The summed E-state index contributed by atoms with van der Waals surface area (Å²) >= 11 is 0. The van der Waals surface area contributed by atoms with Gasteiger partial charge in [-0.25, -0.2) is 4.79 Å². The Labute approximate surface area is 199 Å². The van der Waals surface area contributed by atoms with E-state index in [2.05, 4.69) is 39.8 Å². The van der Waals surface area contributed by atoms with Gasteiger partial charge in [-0.1, -0.05) is 35.8 Å². The van der Waals surface area contributed by atoms with E-state index in [9.17, 15) is 15.0 Å². The van der Waals surface area contributed by atoms with E-state index in [1.165, 1.54) is 17.2 Å². The summed E-state index contributed by atoms with van der Waals surface area (Å²) in [6, 6.07) is 0. The summed E-state index contributed by atoms with van der Waals surface area (Å²) in [6.45, 7) is 13.9. The maximum absolute atomic E-state index is 12.3. The zero-order valence-corrected chi connectivity index (χ0v) is 21.5. The van der Waals surface area contributed by atoms with E-state index in [1.807, 2.05) is 13.8 Å². The Kier molecular flexibility index (Phi) is 10.3. The zero-order chi connectivity index (χ0) is 24.8.